The molecule has 0 aliphatic carbocycles. The van der Waals surface area contributed by atoms with Crippen molar-refractivity contribution >= 4 is 21.7 Å². The highest BCUT2D eigenvalue weighted by Gasteiger charge is 2.24. The highest BCUT2D eigenvalue weighted by atomic mass is 32.2. The molecule has 0 amide bonds. The number of anilines is 1. The molecule has 25 heavy (non-hydrogen) atoms. The summed E-state index contributed by atoms with van der Waals surface area (Å²) >= 11 is 0. The van der Waals surface area contributed by atoms with E-state index < -0.39 is 21.7 Å². The summed E-state index contributed by atoms with van der Waals surface area (Å²) in [6.45, 7) is 9.23. The molecule has 0 spiro atoms. The number of phenols is 1. The second-order valence-electron chi connectivity index (χ2n) is 6.10. The van der Waals surface area contributed by atoms with Crippen LogP contribution in [0.4, 0.5) is 5.69 Å². The molecular weight excluding hydrogens is 342 g/mol. The van der Waals surface area contributed by atoms with E-state index in [1.165, 1.54) is 6.07 Å². The Morgan fingerprint density at radius 1 is 0.920 bits per heavy atom. The molecule has 0 radical (unpaired) electrons. The van der Waals surface area contributed by atoms with Crippen molar-refractivity contribution in [1.29, 1.82) is 0 Å². The van der Waals surface area contributed by atoms with Crippen LogP contribution in [0.15, 0.2) is 23.1 Å². The van der Waals surface area contributed by atoms with E-state index >= 15 is 0 Å². The molecule has 3 N–H and O–H groups in total. The van der Waals surface area contributed by atoms with Crippen molar-refractivity contribution in [2.75, 3.05) is 4.72 Å². The quantitative estimate of drug-likeness (QED) is 0.772. The SMILES string of the molecule is Cc1c(C)c(C)c(S(=O)(=O)Nc2ccc(C(=O)O)c(O)c2)c(C)c1C. The lowest BCUT2D eigenvalue weighted by Crippen LogP contribution is -2.17. The number of sulfonamides is 1. The van der Waals surface area contributed by atoms with E-state index in [1.807, 2.05) is 20.8 Å². The van der Waals surface area contributed by atoms with Crippen LogP contribution >= 0.6 is 0 Å². The normalized spacial score (nSPS) is 11.4. The Morgan fingerprint density at radius 3 is 1.84 bits per heavy atom. The Hall–Kier alpha value is -2.54. The largest absolute Gasteiger partial charge is 0.507 e. The van der Waals surface area contributed by atoms with E-state index in [0.717, 1.165) is 28.8 Å². The average molecular weight is 363 g/mol. The Labute approximate surface area is 147 Å². The molecule has 0 bridgehead atoms. The van der Waals surface area contributed by atoms with Gasteiger partial charge in [-0.25, -0.2) is 13.2 Å². The van der Waals surface area contributed by atoms with Crippen LogP contribution in [0.3, 0.4) is 0 Å². The smallest absolute Gasteiger partial charge is 0.339 e. The molecule has 0 aromatic heterocycles. The van der Waals surface area contributed by atoms with Crippen LogP contribution < -0.4 is 4.72 Å². The number of nitrogens with one attached hydrogen (secondary N) is 1. The molecular formula is C18H21NO5S. The number of hydrogen-bond acceptors (Lipinski definition) is 4. The molecule has 0 saturated heterocycles. The molecule has 6 nitrogen and oxygen atoms in total. The third-order valence-electron chi connectivity index (χ3n) is 4.68. The van der Waals surface area contributed by atoms with E-state index in [9.17, 15) is 18.3 Å². The first-order chi connectivity index (χ1) is 11.5. The van der Waals surface area contributed by atoms with Gasteiger partial charge in [0.15, 0.2) is 0 Å². The van der Waals surface area contributed by atoms with E-state index in [4.69, 9.17) is 5.11 Å². The second kappa shape index (κ2) is 6.40. The lowest BCUT2D eigenvalue weighted by Gasteiger charge is -2.19. The predicted octanol–water partition coefficient (Wildman–Crippen LogP) is 3.43. The Bertz CT molecular complexity index is 948. The van der Waals surface area contributed by atoms with Crippen LogP contribution in [-0.2, 0) is 10.0 Å². The summed E-state index contributed by atoms with van der Waals surface area (Å²) in [6, 6.07) is 3.54. The number of benzene rings is 2. The summed E-state index contributed by atoms with van der Waals surface area (Å²) in [7, 11) is -3.89. The van der Waals surface area contributed by atoms with Gasteiger partial charge >= 0.3 is 5.97 Å². The second-order valence-corrected chi connectivity index (χ2v) is 7.72. The van der Waals surface area contributed by atoms with Crippen molar-refractivity contribution in [3.63, 3.8) is 0 Å². The molecule has 0 aliphatic rings. The van der Waals surface area contributed by atoms with Gasteiger partial charge in [-0.3, -0.25) is 4.72 Å². The monoisotopic (exact) mass is 363 g/mol. The molecule has 134 valence electrons. The first-order valence-corrected chi connectivity index (χ1v) is 9.11. The zero-order valence-electron chi connectivity index (χ0n) is 14.8. The molecule has 0 aliphatic heterocycles. The van der Waals surface area contributed by atoms with Crippen LogP contribution in [0, 0.1) is 34.6 Å². The summed E-state index contributed by atoms with van der Waals surface area (Å²) in [5.74, 6) is -1.79. The number of aromatic carboxylic acids is 1. The Morgan fingerprint density at radius 2 is 1.40 bits per heavy atom. The van der Waals surface area contributed by atoms with Crippen molar-refractivity contribution in [1.82, 2.24) is 0 Å². The van der Waals surface area contributed by atoms with Gasteiger partial charge < -0.3 is 10.2 Å². The topological polar surface area (TPSA) is 104 Å². The van der Waals surface area contributed by atoms with Crippen LogP contribution in [0.5, 0.6) is 5.75 Å². The maximum absolute atomic E-state index is 12.9. The summed E-state index contributed by atoms with van der Waals surface area (Å²) in [5, 5.41) is 18.7. The van der Waals surface area contributed by atoms with Gasteiger partial charge in [0.2, 0.25) is 0 Å². The van der Waals surface area contributed by atoms with E-state index in [0.29, 0.717) is 11.1 Å². The third kappa shape index (κ3) is 3.32. The number of carbonyl (C=O) groups is 1. The Kier molecular flexibility index (Phi) is 4.81. The third-order valence-corrected chi connectivity index (χ3v) is 6.33. The fourth-order valence-corrected chi connectivity index (χ4v) is 4.50. The molecule has 2 aromatic carbocycles. The van der Waals surface area contributed by atoms with Crippen molar-refractivity contribution in [2.45, 2.75) is 39.5 Å². The highest BCUT2D eigenvalue weighted by Crippen LogP contribution is 2.31. The standard InChI is InChI=1S/C18H21NO5S/c1-9-10(2)12(4)17(13(5)11(9)3)25(23,24)19-14-6-7-15(18(21)22)16(20)8-14/h6-8,19-20H,1-5H3,(H,21,22). The van der Waals surface area contributed by atoms with E-state index in [1.54, 1.807) is 13.8 Å². The first kappa shape index (κ1) is 18.8. The number of carboxylic acids is 1. The van der Waals surface area contributed by atoms with Gasteiger partial charge in [-0.05, 0) is 74.6 Å². The fraction of sp³-hybridized carbons (Fsp3) is 0.278. The van der Waals surface area contributed by atoms with Gasteiger partial charge in [-0.15, -0.1) is 0 Å². The lowest BCUT2D eigenvalue weighted by atomic mass is 9.95. The van der Waals surface area contributed by atoms with Crippen LogP contribution in [0.25, 0.3) is 0 Å². The highest BCUT2D eigenvalue weighted by molar-refractivity contribution is 7.92. The zero-order valence-corrected chi connectivity index (χ0v) is 15.6. The summed E-state index contributed by atoms with van der Waals surface area (Å²) in [5.41, 5.74) is 4.01. The van der Waals surface area contributed by atoms with Crippen molar-refractivity contribution in [3.8, 4) is 5.75 Å². The predicted molar refractivity (Wildman–Crippen MR) is 96.0 cm³/mol. The first-order valence-electron chi connectivity index (χ1n) is 7.63. The minimum Gasteiger partial charge on any atom is -0.507 e. The molecule has 0 unspecified atom stereocenters. The average Bonchev–Trinajstić information content (AvgIpc) is 2.50. The maximum atomic E-state index is 12.9. The van der Waals surface area contributed by atoms with Crippen LogP contribution in [0.2, 0.25) is 0 Å². The van der Waals surface area contributed by atoms with Gasteiger partial charge in [0, 0.05) is 6.07 Å². The summed E-state index contributed by atoms with van der Waals surface area (Å²) in [4.78, 5) is 11.1. The lowest BCUT2D eigenvalue weighted by molar-refractivity contribution is 0.0694. The molecule has 0 saturated carbocycles. The molecule has 2 rings (SSSR count). The minimum absolute atomic E-state index is 0.0946. The molecule has 0 atom stereocenters. The number of hydrogen-bond donors (Lipinski definition) is 3. The van der Waals surface area contributed by atoms with Crippen LogP contribution in [0.1, 0.15) is 38.2 Å². The zero-order chi connectivity index (χ0) is 19.1. The minimum atomic E-state index is -3.89. The Balaban J connectivity index is 2.55. The number of aromatic hydroxyl groups is 1. The number of carboxylic acid groups (broad SMARTS) is 1. The van der Waals surface area contributed by atoms with E-state index in [-0.39, 0.29) is 16.1 Å². The summed E-state index contributed by atoms with van der Waals surface area (Å²) in [6.07, 6.45) is 0. The van der Waals surface area contributed by atoms with Crippen molar-refractivity contribution < 1.29 is 23.4 Å². The van der Waals surface area contributed by atoms with Gasteiger partial charge in [-0.2, -0.15) is 0 Å². The molecule has 7 heteroatoms. The molecule has 2 aromatic rings. The van der Waals surface area contributed by atoms with Gasteiger partial charge in [-0.1, -0.05) is 0 Å². The number of rotatable bonds is 4. The van der Waals surface area contributed by atoms with Crippen LogP contribution in [-0.4, -0.2) is 24.6 Å². The molecule has 0 fully saturated rings. The van der Waals surface area contributed by atoms with Crippen molar-refractivity contribution in [3.05, 3.63) is 51.6 Å². The van der Waals surface area contributed by atoms with Gasteiger partial charge in [0.1, 0.15) is 11.3 Å². The maximum Gasteiger partial charge on any atom is 0.339 e. The van der Waals surface area contributed by atoms with Crippen molar-refractivity contribution in [2.24, 2.45) is 0 Å². The fourth-order valence-electron chi connectivity index (χ4n) is 2.85. The molecule has 0 heterocycles. The van der Waals surface area contributed by atoms with Gasteiger partial charge in [0.25, 0.3) is 10.0 Å². The van der Waals surface area contributed by atoms with Gasteiger partial charge in [0.05, 0.1) is 10.6 Å². The van der Waals surface area contributed by atoms with E-state index in [2.05, 4.69) is 4.72 Å². The summed E-state index contributed by atoms with van der Waals surface area (Å²) < 4.78 is 28.2.